The molecule has 0 aliphatic carbocycles. The number of halogens is 1. The summed E-state index contributed by atoms with van der Waals surface area (Å²) < 4.78 is 0.678. The SMILES string of the molecule is C=[C]([Po])c1c(Cl)cccc1[N+](=O)[O-]. The van der Waals surface area contributed by atoms with Gasteiger partial charge < -0.3 is 0 Å². The maximum absolute atomic E-state index is 10.6. The summed E-state index contributed by atoms with van der Waals surface area (Å²) in [6, 6.07) is 4.61. The first-order valence-corrected chi connectivity index (χ1v) is 5.29. The summed E-state index contributed by atoms with van der Waals surface area (Å²) in [5.74, 6) is 0. The van der Waals surface area contributed by atoms with Crippen LogP contribution in [0.1, 0.15) is 5.56 Å². The van der Waals surface area contributed by atoms with Crippen LogP contribution in [0, 0.1) is 10.1 Å². The Bertz CT molecular complexity index is 378. The van der Waals surface area contributed by atoms with Crippen molar-refractivity contribution in [2.75, 3.05) is 0 Å². The molecule has 0 bridgehead atoms. The van der Waals surface area contributed by atoms with Gasteiger partial charge in [0, 0.05) is 0 Å². The molecule has 0 saturated heterocycles. The van der Waals surface area contributed by atoms with Crippen LogP contribution in [0.4, 0.5) is 5.69 Å². The van der Waals surface area contributed by atoms with Crippen LogP contribution in [0.15, 0.2) is 24.8 Å². The molecule has 0 aliphatic rings. The van der Waals surface area contributed by atoms with E-state index >= 15 is 0 Å². The Morgan fingerprint density at radius 2 is 2.23 bits per heavy atom. The van der Waals surface area contributed by atoms with Crippen LogP contribution in [0.3, 0.4) is 0 Å². The Hall–Kier alpha value is -0.454. The number of hydrogen-bond donors (Lipinski definition) is 0. The molecule has 0 unspecified atom stereocenters. The summed E-state index contributed by atoms with van der Waals surface area (Å²) in [6.07, 6.45) is 0. The number of nitro benzene ring substituents is 1. The van der Waals surface area contributed by atoms with Gasteiger partial charge in [0.25, 0.3) is 0 Å². The summed E-state index contributed by atoms with van der Waals surface area (Å²) >= 11 is 6.89. The van der Waals surface area contributed by atoms with Crippen LogP contribution in [0.5, 0.6) is 0 Å². The second-order valence-electron chi connectivity index (χ2n) is 2.31. The van der Waals surface area contributed by atoms with Gasteiger partial charge in [-0.15, -0.1) is 0 Å². The standard InChI is InChI=1S/C8H5ClNO2.Po/c1-2-6-7(9)4-3-5-8(6)10(11)12;/h3-5H,1H2;. The van der Waals surface area contributed by atoms with Crippen LogP contribution in [0.25, 0.3) is 3.23 Å². The fourth-order valence-corrected chi connectivity index (χ4v) is 2.30. The van der Waals surface area contributed by atoms with E-state index in [4.69, 9.17) is 11.6 Å². The number of rotatable bonds is 2. The van der Waals surface area contributed by atoms with Gasteiger partial charge in [-0.2, -0.15) is 0 Å². The molecule has 1 aromatic rings. The molecule has 1 radical (unpaired) electrons. The molecule has 0 spiro atoms. The summed E-state index contributed by atoms with van der Waals surface area (Å²) in [5, 5.41) is 11.0. The van der Waals surface area contributed by atoms with Crippen molar-refractivity contribution in [1.82, 2.24) is 0 Å². The van der Waals surface area contributed by atoms with E-state index < -0.39 is 4.92 Å². The maximum atomic E-state index is 10.6. The quantitative estimate of drug-likeness (QED) is 0.574. The van der Waals surface area contributed by atoms with Crippen molar-refractivity contribution in [3.05, 3.63) is 45.5 Å². The Labute approximate surface area is 95.7 Å². The van der Waals surface area contributed by atoms with E-state index in [-0.39, 0.29) is 5.69 Å². The van der Waals surface area contributed by atoms with Gasteiger partial charge >= 0.3 is 96.0 Å². The molecule has 0 heterocycles. The van der Waals surface area contributed by atoms with Gasteiger partial charge in [-0.25, -0.2) is 0 Å². The van der Waals surface area contributed by atoms with Crippen molar-refractivity contribution in [3.8, 4) is 0 Å². The van der Waals surface area contributed by atoms with Crippen LogP contribution >= 0.6 is 11.6 Å². The zero-order chi connectivity index (χ0) is 10.0. The molecule has 0 N–H and O–H groups in total. The van der Waals surface area contributed by atoms with Crippen molar-refractivity contribution >= 4 is 45.6 Å². The van der Waals surface area contributed by atoms with Gasteiger partial charge in [0.2, 0.25) is 0 Å². The summed E-state index contributed by atoms with van der Waals surface area (Å²) in [6.45, 7) is 3.68. The van der Waals surface area contributed by atoms with E-state index in [0.29, 0.717) is 13.8 Å². The van der Waals surface area contributed by atoms with Crippen LogP contribution in [-0.4, -0.2) is 30.0 Å². The molecule has 0 saturated carbocycles. The number of nitrogens with zero attached hydrogens (tertiary/aromatic N) is 1. The van der Waals surface area contributed by atoms with Gasteiger partial charge in [0.15, 0.2) is 0 Å². The molecule has 0 aromatic heterocycles. The summed E-state index contributed by atoms with van der Waals surface area (Å²) in [7, 11) is 0. The number of hydrogen-bond acceptors (Lipinski definition) is 2. The summed E-state index contributed by atoms with van der Waals surface area (Å²) in [4.78, 5) is 10.1. The molecule has 0 aliphatic heterocycles. The molecule has 0 fully saturated rings. The summed E-state index contributed by atoms with van der Waals surface area (Å²) in [5.41, 5.74) is 0.469. The van der Waals surface area contributed by atoms with E-state index in [2.05, 4.69) is 6.58 Å². The van der Waals surface area contributed by atoms with Crippen LogP contribution in [-0.2, 0) is 0 Å². The van der Waals surface area contributed by atoms with Gasteiger partial charge in [-0.05, 0) is 0 Å². The van der Waals surface area contributed by atoms with E-state index in [1.165, 1.54) is 6.07 Å². The minimum absolute atomic E-state index is 0.0208. The van der Waals surface area contributed by atoms with Crippen molar-refractivity contribution in [1.29, 1.82) is 0 Å². The molecule has 3 nitrogen and oxygen atoms in total. The van der Waals surface area contributed by atoms with Gasteiger partial charge in [0.05, 0.1) is 0 Å². The third-order valence-electron chi connectivity index (χ3n) is 1.47. The third-order valence-corrected chi connectivity index (χ3v) is 2.58. The topological polar surface area (TPSA) is 43.1 Å². The van der Waals surface area contributed by atoms with Crippen molar-refractivity contribution in [2.24, 2.45) is 0 Å². The molecule has 67 valence electrons. The Morgan fingerprint density at radius 3 is 2.62 bits per heavy atom. The van der Waals surface area contributed by atoms with E-state index in [0.717, 1.165) is 25.1 Å². The fraction of sp³-hybridized carbons (Fsp3) is 0. The fourth-order valence-electron chi connectivity index (χ4n) is 0.941. The third kappa shape index (κ3) is 2.27. The zero-order valence-corrected chi connectivity index (χ0v) is 10.4. The molecule has 13 heavy (non-hydrogen) atoms. The van der Waals surface area contributed by atoms with Crippen LogP contribution < -0.4 is 0 Å². The van der Waals surface area contributed by atoms with Gasteiger partial charge in [0.1, 0.15) is 0 Å². The normalized spacial score (nSPS) is 9.62. The molecule has 0 amide bonds. The molecule has 1 rings (SSSR count). The van der Waals surface area contributed by atoms with E-state index in [1.54, 1.807) is 12.1 Å². The predicted octanol–water partition coefficient (Wildman–Crippen LogP) is 2.39. The Kier molecular flexibility index (Phi) is 3.41. The van der Waals surface area contributed by atoms with Crippen molar-refractivity contribution in [3.63, 3.8) is 0 Å². The van der Waals surface area contributed by atoms with E-state index in [1.807, 2.05) is 0 Å². The van der Waals surface area contributed by atoms with Crippen molar-refractivity contribution in [2.45, 2.75) is 0 Å². The zero-order valence-electron chi connectivity index (χ0n) is 6.49. The van der Waals surface area contributed by atoms with Gasteiger partial charge in [-0.3, -0.25) is 0 Å². The molecule has 5 heteroatoms. The second kappa shape index (κ2) is 4.17. The molecule has 1 aromatic carbocycles. The average Bonchev–Trinajstić information content (AvgIpc) is 2.02. The number of benzene rings is 1. The van der Waals surface area contributed by atoms with E-state index in [9.17, 15) is 10.1 Å². The first kappa shape index (κ1) is 10.6. The van der Waals surface area contributed by atoms with Crippen LogP contribution in [0.2, 0.25) is 5.02 Å². The predicted molar refractivity (Wildman–Crippen MR) is 52.9 cm³/mol. The molecular formula is C8H5ClNO2Po. The average molecular weight is 392 g/mol. The Balaban J connectivity index is 3.43. The minimum atomic E-state index is -0.449. The monoisotopic (exact) mass is 391 g/mol. The van der Waals surface area contributed by atoms with Gasteiger partial charge in [-0.1, -0.05) is 0 Å². The Morgan fingerprint density at radius 1 is 1.62 bits per heavy atom. The molecular weight excluding hydrogens is 387 g/mol. The van der Waals surface area contributed by atoms with Crippen molar-refractivity contribution < 1.29 is 4.92 Å². The number of nitro groups is 1. The second-order valence-corrected chi connectivity index (χ2v) is 4.64. The first-order chi connectivity index (χ1) is 6.04. The molecule has 0 atom stereocenters. The first-order valence-electron chi connectivity index (χ1n) is 3.33.